The number of carbonyl (C=O) groups is 2. The van der Waals surface area contributed by atoms with Gasteiger partial charge in [-0.25, -0.2) is 8.78 Å². The van der Waals surface area contributed by atoms with Crippen molar-refractivity contribution >= 4 is 22.7 Å². The lowest BCUT2D eigenvalue weighted by Gasteiger charge is -2.12. The summed E-state index contributed by atoms with van der Waals surface area (Å²) in [5.41, 5.74) is 0.733. The third-order valence-electron chi connectivity index (χ3n) is 4.22. The molecule has 0 spiro atoms. The largest absolute Gasteiger partial charge is 0.497 e. The Bertz CT molecular complexity index is 996. The van der Waals surface area contributed by atoms with Gasteiger partial charge in [0, 0.05) is 35.7 Å². The Morgan fingerprint density at radius 1 is 1.19 bits per heavy atom. The van der Waals surface area contributed by atoms with Crippen molar-refractivity contribution in [2.75, 3.05) is 7.11 Å². The molecule has 1 unspecified atom stereocenters. The standard InChI is InChI=1S/C19H15F2NO4/c1-26-11-3-5-12-15(9-22-17(12)7-11)14(19(24)25)8-18(23)13-4-2-10(20)6-16(13)21/h2-7,9,14,22H,8H2,1H3,(H,24,25). The lowest BCUT2D eigenvalue weighted by atomic mass is 9.91. The fourth-order valence-corrected chi connectivity index (χ4v) is 2.88. The molecule has 1 aromatic heterocycles. The van der Waals surface area contributed by atoms with Crippen molar-refractivity contribution in [1.29, 1.82) is 0 Å². The Morgan fingerprint density at radius 3 is 2.62 bits per heavy atom. The number of aromatic nitrogens is 1. The lowest BCUT2D eigenvalue weighted by Crippen LogP contribution is -2.17. The minimum absolute atomic E-state index is 0.334. The zero-order chi connectivity index (χ0) is 18.8. The molecule has 0 amide bonds. The fraction of sp³-hybridized carbons (Fsp3) is 0.158. The topological polar surface area (TPSA) is 79.4 Å². The van der Waals surface area contributed by atoms with Crippen LogP contribution in [0, 0.1) is 11.6 Å². The molecule has 0 bridgehead atoms. The van der Waals surface area contributed by atoms with Gasteiger partial charge in [-0.2, -0.15) is 0 Å². The van der Waals surface area contributed by atoms with Gasteiger partial charge in [0.2, 0.25) is 0 Å². The molecule has 3 aromatic rings. The van der Waals surface area contributed by atoms with Gasteiger partial charge < -0.3 is 14.8 Å². The van der Waals surface area contributed by atoms with Gasteiger partial charge in [0.25, 0.3) is 0 Å². The maximum atomic E-state index is 13.8. The van der Waals surface area contributed by atoms with Crippen molar-refractivity contribution in [2.45, 2.75) is 12.3 Å². The van der Waals surface area contributed by atoms with Crippen molar-refractivity contribution in [3.8, 4) is 5.75 Å². The summed E-state index contributed by atoms with van der Waals surface area (Å²) in [7, 11) is 1.51. The molecule has 0 aliphatic rings. The van der Waals surface area contributed by atoms with E-state index in [0.29, 0.717) is 28.3 Å². The van der Waals surface area contributed by atoms with E-state index in [2.05, 4.69) is 4.98 Å². The highest BCUT2D eigenvalue weighted by Gasteiger charge is 2.27. The van der Waals surface area contributed by atoms with E-state index in [4.69, 9.17) is 4.74 Å². The second-order valence-electron chi connectivity index (χ2n) is 5.80. The fourth-order valence-electron chi connectivity index (χ4n) is 2.88. The van der Waals surface area contributed by atoms with Gasteiger partial charge in [0.1, 0.15) is 17.4 Å². The van der Waals surface area contributed by atoms with E-state index < -0.39 is 35.7 Å². The Morgan fingerprint density at radius 2 is 1.96 bits per heavy atom. The number of carboxylic acids is 1. The normalized spacial score (nSPS) is 12.1. The molecule has 0 radical (unpaired) electrons. The molecule has 5 nitrogen and oxygen atoms in total. The molecule has 0 aliphatic heterocycles. The minimum atomic E-state index is -1.21. The number of H-pyrrole nitrogens is 1. The molecule has 7 heteroatoms. The van der Waals surface area contributed by atoms with Crippen LogP contribution in [0.25, 0.3) is 10.9 Å². The number of carboxylic acid groups (broad SMARTS) is 1. The zero-order valence-electron chi connectivity index (χ0n) is 13.8. The first-order valence-electron chi connectivity index (χ1n) is 7.76. The maximum absolute atomic E-state index is 13.8. The van der Waals surface area contributed by atoms with Gasteiger partial charge in [0.15, 0.2) is 5.78 Å². The molecule has 0 saturated carbocycles. The van der Waals surface area contributed by atoms with E-state index in [9.17, 15) is 23.5 Å². The Labute approximate surface area is 147 Å². The van der Waals surface area contributed by atoms with Gasteiger partial charge in [-0.05, 0) is 29.8 Å². The number of aromatic amines is 1. The van der Waals surface area contributed by atoms with Gasteiger partial charge in [-0.1, -0.05) is 0 Å². The number of ether oxygens (including phenoxy) is 1. The number of Topliss-reactive ketones (excluding diaryl/α,β-unsaturated/α-hetero) is 1. The van der Waals surface area contributed by atoms with Gasteiger partial charge >= 0.3 is 5.97 Å². The van der Waals surface area contributed by atoms with Crippen molar-refractivity contribution in [3.05, 3.63) is 65.4 Å². The van der Waals surface area contributed by atoms with Crippen LogP contribution in [-0.4, -0.2) is 29.0 Å². The number of ketones is 1. The molecule has 26 heavy (non-hydrogen) atoms. The number of carbonyl (C=O) groups excluding carboxylic acids is 1. The number of hydrogen-bond acceptors (Lipinski definition) is 3. The van der Waals surface area contributed by atoms with Crippen LogP contribution in [0.3, 0.4) is 0 Å². The number of benzene rings is 2. The van der Waals surface area contributed by atoms with Crippen LogP contribution in [0.4, 0.5) is 8.78 Å². The predicted octanol–water partition coefficient (Wildman–Crippen LogP) is 3.90. The zero-order valence-corrected chi connectivity index (χ0v) is 13.8. The molecule has 2 N–H and O–H groups in total. The summed E-state index contributed by atoms with van der Waals surface area (Å²) in [5, 5.41) is 10.2. The third-order valence-corrected chi connectivity index (χ3v) is 4.22. The highest BCUT2D eigenvalue weighted by molar-refractivity contribution is 6.00. The van der Waals surface area contributed by atoms with Crippen molar-refractivity contribution in [3.63, 3.8) is 0 Å². The predicted molar refractivity (Wildman–Crippen MR) is 90.5 cm³/mol. The summed E-state index contributed by atoms with van der Waals surface area (Å²) in [5.74, 6) is -4.31. The molecule has 1 heterocycles. The number of rotatable bonds is 6. The second kappa shape index (κ2) is 6.95. The summed E-state index contributed by atoms with van der Waals surface area (Å²) >= 11 is 0. The smallest absolute Gasteiger partial charge is 0.311 e. The number of fused-ring (bicyclic) bond motifs is 1. The van der Waals surface area contributed by atoms with E-state index in [1.807, 2.05) is 0 Å². The second-order valence-corrected chi connectivity index (χ2v) is 5.80. The lowest BCUT2D eigenvalue weighted by molar-refractivity contribution is -0.138. The molecule has 134 valence electrons. The molecule has 1 atom stereocenters. The van der Waals surface area contributed by atoms with Crippen LogP contribution in [0.2, 0.25) is 0 Å². The minimum Gasteiger partial charge on any atom is -0.497 e. The third kappa shape index (κ3) is 3.28. The highest BCUT2D eigenvalue weighted by Crippen LogP contribution is 2.31. The van der Waals surface area contributed by atoms with Gasteiger partial charge in [-0.3, -0.25) is 9.59 Å². The SMILES string of the molecule is COc1ccc2c(C(CC(=O)c3ccc(F)cc3F)C(=O)O)c[nH]c2c1. The number of hydrogen-bond donors (Lipinski definition) is 2. The molecule has 0 aliphatic carbocycles. The molecule has 0 saturated heterocycles. The van der Waals surface area contributed by atoms with E-state index in [1.165, 1.54) is 13.3 Å². The average Bonchev–Trinajstić information content (AvgIpc) is 3.01. The van der Waals surface area contributed by atoms with Gasteiger partial charge in [-0.15, -0.1) is 0 Å². The van der Waals surface area contributed by atoms with Crippen LogP contribution in [-0.2, 0) is 4.79 Å². The summed E-state index contributed by atoms with van der Waals surface area (Å²) in [6.45, 7) is 0. The molecular formula is C19H15F2NO4. The summed E-state index contributed by atoms with van der Waals surface area (Å²) < 4.78 is 31.9. The number of aliphatic carboxylic acids is 1. The Kier molecular flexibility index (Phi) is 4.71. The van der Waals surface area contributed by atoms with E-state index in [1.54, 1.807) is 18.2 Å². The first-order valence-corrected chi connectivity index (χ1v) is 7.76. The van der Waals surface area contributed by atoms with Crippen LogP contribution in [0.15, 0.2) is 42.6 Å². The van der Waals surface area contributed by atoms with Crippen LogP contribution >= 0.6 is 0 Å². The van der Waals surface area contributed by atoms with Crippen molar-refractivity contribution in [2.24, 2.45) is 0 Å². The molecule has 0 fully saturated rings. The van der Waals surface area contributed by atoms with Crippen LogP contribution < -0.4 is 4.74 Å². The summed E-state index contributed by atoms with van der Waals surface area (Å²) in [6.07, 6.45) is 1.06. The highest BCUT2D eigenvalue weighted by atomic mass is 19.1. The van der Waals surface area contributed by atoms with Crippen molar-refractivity contribution in [1.82, 2.24) is 4.98 Å². The number of nitrogens with one attached hydrogen (secondary N) is 1. The van der Waals surface area contributed by atoms with Crippen LogP contribution in [0.5, 0.6) is 5.75 Å². The van der Waals surface area contributed by atoms with E-state index >= 15 is 0 Å². The Hall–Kier alpha value is -3.22. The van der Waals surface area contributed by atoms with Gasteiger partial charge in [0.05, 0.1) is 18.6 Å². The first kappa shape index (κ1) is 17.6. The quantitative estimate of drug-likeness (QED) is 0.654. The number of halogens is 2. The molecule has 3 rings (SSSR count). The maximum Gasteiger partial charge on any atom is 0.311 e. The van der Waals surface area contributed by atoms with E-state index in [0.717, 1.165) is 12.1 Å². The average molecular weight is 359 g/mol. The monoisotopic (exact) mass is 359 g/mol. The Balaban J connectivity index is 1.95. The van der Waals surface area contributed by atoms with E-state index in [-0.39, 0.29) is 5.56 Å². The molecule has 2 aromatic carbocycles. The number of methoxy groups -OCH3 is 1. The summed E-state index contributed by atoms with van der Waals surface area (Å²) in [6, 6.07) is 7.66. The molecular weight excluding hydrogens is 344 g/mol. The van der Waals surface area contributed by atoms with Crippen molar-refractivity contribution < 1.29 is 28.2 Å². The first-order chi connectivity index (χ1) is 12.4. The van der Waals surface area contributed by atoms with Crippen LogP contribution in [0.1, 0.15) is 28.3 Å². The summed E-state index contributed by atoms with van der Waals surface area (Å²) in [4.78, 5) is 27.0.